The summed E-state index contributed by atoms with van der Waals surface area (Å²) in [5.74, 6) is 0.721. The van der Waals surface area contributed by atoms with E-state index >= 15 is 0 Å². The minimum Gasteiger partial charge on any atom is -0.474 e. The fourth-order valence-corrected chi connectivity index (χ4v) is 5.39. The Hall–Kier alpha value is -1.89. The lowest BCUT2D eigenvalue weighted by molar-refractivity contribution is 0.0803. The van der Waals surface area contributed by atoms with Gasteiger partial charge < -0.3 is 14.7 Å². The normalized spacial score (nSPS) is 22.8. The molecule has 7 heteroatoms. The summed E-state index contributed by atoms with van der Waals surface area (Å²) in [5, 5.41) is 10.4. The number of fused-ring (bicyclic) bond motifs is 3. The highest BCUT2D eigenvalue weighted by Gasteiger charge is 2.30. The molecule has 25 heavy (non-hydrogen) atoms. The Labute approximate surface area is 150 Å². The second-order valence-corrected chi connectivity index (χ2v) is 7.92. The molecule has 1 N–H and O–H groups in total. The summed E-state index contributed by atoms with van der Waals surface area (Å²) in [5.41, 5.74) is 1.38. The Bertz CT molecular complexity index is 783. The molecule has 0 radical (unpaired) electrons. The Kier molecular flexibility index (Phi) is 4.50. The zero-order chi connectivity index (χ0) is 17.4. The Morgan fingerprint density at radius 3 is 2.84 bits per heavy atom. The van der Waals surface area contributed by atoms with Crippen LogP contribution in [0.15, 0.2) is 6.33 Å². The number of carboxylic acid groups (broad SMARTS) is 1. The molecule has 2 aromatic heterocycles. The average Bonchev–Trinajstić information content (AvgIpc) is 3.18. The molecule has 2 heterocycles. The molecule has 1 amide bonds. The molecule has 0 bridgehead atoms. The summed E-state index contributed by atoms with van der Waals surface area (Å²) in [6.07, 6.45) is 7.76. The lowest BCUT2D eigenvalue weighted by Crippen LogP contribution is -2.42. The zero-order valence-electron chi connectivity index (χ0n) is 14.4. The Balaban J connectivity index is 1.47. The molecule has 1 saturated carbocycles. The number of hydrogen-bond donors (Lipinski definition) is 1. The van der Waals surface area contributed by atoms with Crippen LogP contribution in [0.1, 0.15) is 49.5 Å². The summed E-state index contributed by atoms with van der Waals surface area (Å²) in [6, 6.07) is 0.109. The summed E-state index contributed by atoms with van der Waals surface area (Å²) in [6.45, 7) is 2.44. The number of rotatable bonds is 4. The quantitative estimate of drug-likeness (QED) is 0.895. The van der Waals surface area contributed by atoms with Crippen molar-refractivity contribution in [3.63, 3.8) is 0 Å². The first-order valence-corrected chi connectivity index (χ1v) is 9.90. The molecule has 2 aliphatic rings. The van der Waals surface area contributed by atoms with E-state index in [9.17, 15) is 9.90 Å². The van der Waals surface area contributed by atoms with Gasteiger partial charge in [0.25, 0.3) is 0 Å². The van der Waals surface area contributed by atoms with Crippen molar-refractivity contribution in [1.82, 2.24) is 14.9 Å². The second-order valence-electron chi connectivity index (χ2n) is 6.83. The van der Waals surface area contributed by atoms with E-state index in [1.54, 1.807) is 22.6 Å². The van der Waals surface area contributed by atoms with Crippen LogP contribution in [0.3, 0.4) is 0 Å². The average molecular weight is 361 g/mol. The van der Waals surface area contributed by atoms with Gasteiger partial charge in [-0.1, -0.05) is 0 Å². The predicted octanol–water partition coefficient (Wildman–Crippen LogP) is 3.87. The van der Waals surface area contributed by atoms with E-state index in [-0.39, 0.29) is 12.1 Å². The number of thiophene rings is 1. The lowest BCUT2D eigenvalue weighted by atomic mass is 9.92. The van der Waals surface area contributed by atoms with E-state index in [2.05, 4.69) is 9.97 Å². The predicted molar refractivity (Wildman–Crippen MR) is 96.5 cm³/mol. The molecular weight excluding hydrogens is 338 g/mol. The van der Waals surface area contributed by atoms with Crippen molar-refractivity contribution in [2.75, 3.05) is 6.54 Å². The number of nitrogens with zero attached hydrogens (tertiary/aromatic N) is 3. The zero-order valence-corrected chi connectivity index (χ0v) is 15.2. The standard InChI is InChI=1S/C18H23N3O3S/c1-2-21(18(22)23)11-6-8-12(9-7-11)24-16-15-13-4-3-5-14(13)25-17(15)20-10-19-16/h10-12H,2-9H2,1H3,(H,22,23). The molecule has 6 nitrogen and oxygen atoms in total. The molecule has 0 aromatic carbocycles. The molecule has 1 fully saturated rings. The van der Waals surface area contributed by atoms with E-state index in [1.165, 1.54) is 16.9 Å². The highest BCUT2D eigenvalue weighted by Crippen LogP contribution is 2.40. The number of carbonyl (C=O) groups is 1. The van der Waals surface area contributed by atoms with Gasteiger partial charge in [-0.05, 0) is 57.4 Å². The summed E-state index contributed by atoms with van der Waals surface area (Å²) >= 11 is 1.77. The number of ether oxygens (including phenoxy) is 1. The first kappa shape index (κ1) is 16.6. The maximum atomic E-state index is 11.3. The van der Waals surface area contributed by atoms with Crippen LogP contribution in [-0.2, 0) is 12.8 Å². The molecular formula is C18H23N3O3S. The summed E-state index contributed by atoms with van der Waals surface area (Å²) in [4.78, 5) is 24.2. The number of hydrogen-bond acceptors (Lipinski definition) is 5. The third kappa shape index (κ3) is 3.05. The third-order valence-corrected chi connectivity index (χ3v) is 6.62. The largest absolute Gasteiger partial charge is 0.474 e. The van der Waals surface area contributed by atoms with Gasteiger partial charge in [0, 0.05) is 17.5 Å². The van der Waals surface area contributed by atoms with Gasteiger partial charge in [-0.25, -0.2) is 14.8 Å². The van der Waals surface area contributed by atoms with Crippen LogP contribution in [0.4, 0.5) is 4.79 Å². The maximum Gasteiger partial charge on any atom is 0.407 e. The minimum absolute atomic E-state index is 0.109. The number of aromatic nitrogens is 2. The van der Waals surface area contributed by atoms with Crippen LogP contribution in [0.25, 0.3) is 10.2 Å². The van der Waals surface area contributed by atoms with E-state index in [0.717, 1.165) is 54.6 Å². The van der Waals surface area contributed by atoms with Gasteiger partial charge in [0.05, 0.1) is 5.39 Å². The molecule has 0 aliphatic heterocycles. The van der Waals surface area contributed by atoms with Crippen molar-refractivity contribution >= 4 is 27.6 Å². The fraction of sp³-hybridized carbons (Fsp3) is 0.611. The van der Waals surface area contributed by atoms with E-state index in [4.69, 9.17) is 4.74 Å². The van der Waals surface area contributed by atoms with Crippen molar-refractivity contribution in [2.24, 2.45) is 0 Å². The Morgan fingerprint density at radius 2 is 2.12 bits per heavy atom. The third-order valence-electron chi connectivity index (χ3n) is 5.42. The van der Waals surface area contributed by atoms with Crippen LogP contribution in [0.2, 0.25) is 0 Å². The first-order chi connectivity index (χ1) is 12.2. The van der Waals surface area contributed by atoms with E-state index < -0.39 is 6.09 Å². The second kappa shape index (κ2) is 6.78. The topological polar surface area (TPSA) is 75.6 Å². The lowest BCUT2D eigenvalue weighted by Gasteiger charge is -2.34. The van der Waals surface area contributed by atoms with Gasteiger partial charge in [-0.2, -0.15) is 0 Å². The Morgan fingerprint density at radius 1 is 1.32 bits per heavy atom. The molecule has 0 atom stereocenters. The van der Waals surface area contributed by atoms with Gasteiger partial charge in [-0.15, -0.1) is 11.3 Å². The molecule has 0 unspecified atom stereocenters. The number of amides is 1. The van der Waals surface area contributed by atoms with Crippen LogP contribution >= 0.6 is 11.3 Å². The van der Waals surface area contributed by atoms with Gasteiger partial charge >= 0.3 is 6.09 Å². The van der Waals surface area contributed by atoms with Gasteiger partial charge in [0.1, 0.15) is 17.3 Å². The minimum atomic E-state index is -0.821. The molecule has 0 spiro atoms. The van der Waals surface area contributed by atoms with Gasteiger partial charge in [0.15, 0.2) is 0 Å². The maximum absolute atomic E-state index is 11.3. The summed E-state index contributed by atoms with van der Waals surface area (Å²) in [7, 11) is 0. The van der Waals surface area contributed by atoms with Crippen molar-refractivity contribution in [2.45, 2.75) is 64.0 Å². The van der Waals surface area contributed by atoms with E-state index in [0.29, 0.717) is 6.54 Å². The van der Waals surface area contributed by atoms with Crippen LogP contribution in [-0.4, -0.2) is 44.8 Å². The fourth-order valence-electron chi connectivity index (χ4n) is 4.17. The molecule has 0 saturated heterocycles. The monoisotopic (exact) mass is 361 g/mol. The highest BCUT2D eigenvalue weighted by atomic mass is 32.1. The molecule has 2 aromatic rings. The van der Waals surface area contributed by atoms with Gasteiger partial charge in [-0.3, -0.25) is 0 Å². The SMILES string of the molecule is CCN(C(=O)O)C1CCC(Oc2ncnc3sc4c(c23)CCC4)CC1. The van der Waals surface area contributed by atoms with Gasteiger partial charge in [0.2, 0.25) is 5.88 Å². The van der Waals surface area contributed by atoms with E-state index in [1.807, 2.05) is 6.92 Å². The smallest absolute Gasteiger partial charge is 0.407 e. The van der Waals surface area contributed by atoms with Crippen molar-refractivity contribution in [3.05, 3.63) is 16.8 Å². The molecule has 134 valence electrons. The summed E-state index contributed by atoms with van der Waals surface area (Å²) < 4.78 is 6.26. The van der Waals surface area contributed by atoms with Crippen molar-refractivity contribution in [1.29, 1.82) is 0 Å². The highest BCUT2D eigenvalue weighted by molar-refractivity contribution is 7.18. The number of aryl methyl sites for hydroxylation is 2. The van der Waals surface area contributed by atoms with Crippen molar-refractivity contribution in [3.8, 4) is 5.88 Å². The molecule has 4 rings (SSSR count). The van der Waals surface area contributed by atoms with Crippen LogP contribution in [0, 0.1) is 0 Å². The van der Waals surface area contributed by atoms with Crippen LogP contribution < -0.4 is 4.74 Å². The first-order valence-electron chi connectivity index (χ1n) is 9.08. The van der Waals surface area contributed by atoms with Crippen molar-refractivity contribution < 1.29 is 14.6 Å². The molecule has 2 aliphatic carbocycles. The van der Waals surface area contributed by atoms with Crippen LogP contribution in [0.5, 0.6) is 5.88 Å².